The van der Waals surface area contributed by atoms with Gasteiger partial charge in [0.25, 0.3) is 0 Å². The van der Waals surface area contributed by atoms with Gasteiger partial charge in [-0.1, -0.05) is 58.0 Å². The first kappa shape index (κ1) is 12.1. The van der Waals surface area contributed by atoms with E-state index in [1.165, 1.54) is 11.1 Å². The van der Waals surface area contributed by atoms with Crippen LogP contribution in [-0.2, 0) is 0 Å². The van der Waals surface area contributed by atoms with Crippen LogP contribution in [0.3, 0.4) is 0 Å². The van der Waals surface area contributed by atoms with Gasteiger partial charge >= 0.3 is 0 Å². The third kappa shape index (κ3) is 1.87. The molecule has 6 heteroatoms. The van der Waals surface area contributed by atoms with Crippen LogP contribution in [0.2, 0.25) is 0 Å². The Hall–Kier alpha value is -1.66. The molecule has 20 heavy (non-hydrogen) atoms. The maximum atomic E-state index is 4.11. The minimum Gasteiger partial charge on any atom is -0.187 e. The number of hydrogen-bond donors (Lipinski definition) is 0. The number of thioether (sulfide) groups is 1. The van der Waals surface area contributed by atoms with Gasteiger partial charge in [-0.15, -0.1) is 5.10 Å². The molecule has 0 N–H and O–H groups in total. The zero-order valence-corrected chi connectivity index (χ0v) is 12.7. The molecular weight excluding hydrogens is 336 g/mol. The zero-order chi connectivity index (χ0) is 13.5. The van der Waals surface area contributed by atoms with Gasteiger partial charge < -0.3 is 0 Å². The molecule has 1 atom stereocenters. The van der Waals surface area contributed by atoms with Crippen molar-refractivity contribution in [3.8, 4) is 5.69 Å². The second-order valence-corrected chi connectivity index (χ2v) is 6.47. The Morgan fingerprint density at radius 1 is 1.10 bits per heavy atom. The van der Waals surface area contributed by atoms with E-state index < -0.39 is 0 Å². The fourth-order valence-electron chi connectivity index (χ4n) is 2.38. The molecule has 1 aliphatic heterocycles. The summed E-state index contributed by atoms with van der Waals surface area (Å²) in [6, 6.07) is 16.6. The fraction of sp³-hybridized carbons (Fsp3) is 0.0714. The molecule has 2 heterocycles. The number of hydrogen-bond acceptors (Lipinski definition) is 4. The standard InChI is InChI=1S/C14H9BrN4S/c15-10-6-7-12-11(8-10)13(9-4-2-1-3-5-9)20-14-16-17-18-19(12)14/h1-8,13H. The molecule has 0 spiro atoms. The van der Waals surface area contributed by atoms with E-state index >= 15 is 0 Å². The average molecular weight is 345 g/mol. The number of benzene rings is 2. The van der Waals surface area contributed by atoms with E-state index in [2.05, 4.69) is 67.9 Å². The van der Waals surface area contributed by atoms with Crippen LogP contribution in [0.15, 0.2) is 58.2 Å². The second kappa shape index (κ2) is 4.71. The lowest BCUT2D eigenvalue weighted by atomic mass is 10.0. The molecule has 0 saturated heterocycles. The summed E-state index contributed by atoms with van der Waals surface area (Å²) >= 11 is 5.23. The highest BCUT2D eigenvalue weighted by atomic mass is 79.9. The van der Waals surface area contributed by atoms with Gasteiger partial charge in [-0.2, -0.15) is 4.68 Å². The molecular formula is C14H9BrN4S. The zero-order valence-electron chi connectivity index (χ0n) is 10.3. The first-order valence-corrected chi connectivity index (χ1v) is 7.80. The molecule has 0 amide bonds. The second-order valence-electron chi connectivity index (χ2n) is 4.48. The van der Waals surface area contributed by atoms with Crippen molar-refractivity contribution in [1.82, 2.24) is 20.2 Å². The van der Waals surface area contributed by atoms with Crippen LogP contribution >= 0.6 is 27.7 Å². The third-order valence-corrected chi connectivity index (χ3v) is 4.99. The van der Waals surface area contributed by atoms with E-state index in [0.717, 1.165) is 15.3 Å². The predicted octanol–water partition coefficient (Wildman–Crippen LogP) is 3.62. The lowest BCUT2D eigenvalue weighted by Gasteiger charge is -2.24. The minimum absolute atomic E-state index is 0.210. The summed E-state index contributed by atoms with van der Waals surface area (Å²) in [5.74, 6) is 0. The molecule has 0 aliphatic carbocycles. The topological polar surface area (TPSA) is 43.6 Å². The van der Waals surface area contributed by atoms with Crippen LogP contribution in [0, 0.1) is 0 Å². The van der Waals surface area contributed by atoms with Crippen molar-refractivity contribution in [2.24, 2.45) is 0 Å². The smallest absolute Gasteiger partial charge is 0.187 e. The summed E-state index contributed by atoms with van der Waals surface area (Å²) in [6.07, 6.45) is 0. The molecule has 1 unspecified atom stereocenters. The fourth-order valence-corrected chi connectivity index (χ4v) is 3.89. The Balaban J connectivity index is 1.94. The number of tetrazole rings is 1. The van der Waals surface area contributed by atoms with Gasteiger partial charge in [-0.05, 0) is 39.8 Å². The highest BCUT2D eigenvalue weighted by Crippen LogP contribution is 2.46. The summed E-state index contributed by atoms with van der Waals surface area (Å²) in [5, 5.41) is 13.0. The number of fused-ring (bicyclic) bond motifs is 3. The van der Waals surface area contributed by atoms with Crippen molar-refractivity contribution in [2.75, 3.05) is 0 Å². The van der Waals surface area contributed by atoms with E-state index in [0.29, 0.717) is 0 Å². The van der Waals surface area contributed by atoms with Crippen molar-refractivity contribution >= 4 is 27.7 Å². The normalized spacial score (nSPS) is 16.6. The lowest BCUT2D eigenvalue weighted by Crippen LogP contribution is -2.12. The summed E-state index contributed by atoms with van der Waals surface area (Å²) in [6.45, 7) is 0. The third-order valence-electron chi connectivity index (χ3n) is 3.27. The summed E-state index contributed by atoms with van der Waals surface area (Å²) in [4.78, 5) is 0. The van der Waals surface area contributed by atoms with Crippen molar-refractivity contribution in [3.05, 3.63) is 64.1 Å². The Morgan fingerprint density at radius 2 is 1.95 bits per heavy atom. The van der Waals surface area contributed by atoms with E-state index in [9.17, 15) is 0 Å². The Labute approximate surface area is 128 Å². The minimum atomic E-state index is 0.210. The SMILES string of the molecule is Brc1ccc2c(c1)C(c1ccccc1)Sc1nnnn1-2. The van der Waals surface area contributed by atoms with Gasteiger partial charge in [-0.3, -0.25) is 0 Å². The number of halogens is 1. The molecule has 0 saturated carbocycles. The molecule has 0 bridgehead atoms. The Bertz CT molecular complexity index is 772. The molecule has 3 aromatic rings. The highest BCUT2D eigenvalue weighted by molar-refractivity contribution is 9.10. The molecule has 2 aromatic carbocycles. The van der Waals surface area contributed by atoms with Crippen LogP contribution in [0.1, 0.15) is 16.4 Å². The molecule has 4 rings (SSSR count). The van der Waals surface area contributed by atoms with Crippen LogP contribution in [-0.4, -0.2) is 20.2 Å². The maximum Gasteiger partial charge on any atom is 0.215 e. The summed E-state index contributed by atoms with van der Waals surface area (Å²) < 4.78 is 2.86. The average Bonchev–Trinajstić information content (AvgIpc) is 2.95. The van der Waals surface area contributed by atoms with Crippen molar-refractivity contribution in [3.63, 3.8) is 0 Å². The van der Waals surface area contributed by atoms with Crippen LogP contribution < -0.4 is 0 Å². The van der Waals surface area contributed by atoms with Gasteiger partial charge in [0.05, 0.1) is 10.9 Å². The lowest BCUT2D eigenvalue weighted by molar-refractivity contribution is 0.738. The Morgan fingerprint density at radius 3 is 2.80 bits per heavy atom. The maximum absolute atomic E-state index is 4.11. The van der Waals surface area contributed by atoms with Crippen LogP contribution in [0.5, 0.6) is 0 Å². The Kier molecular flexibility index (Phi) is 2.85. The van der Waals surface area contributed by atoms with Crippen molar-refractivity contribution in [2.45, 2.75) is 10.4 Å². The van der Waals surface area contributed by atoms with Gasteiger partial charge in [0, 0.05) is 4.47 Å². The number of nitrogens with zero attached hydrogens (tertiary/aromatic N) is 4. The van der Waals surface area contributed by atoms with Crippen LogP contribution in [0.25, 0.3) is 5.69 Å². The first-order chi connectivity index (χ1) is 9.83. The van der Waals surface area contributed by atoms with Crippen molar-refractivity contribution < 1.29 is 0 Å². The summed E-state index contributed by atoms with van der Waals surface area (Å²) in [5.41, 5.74) is 3.52. The quantitative estimate of drug-likeness (QED) is 0.676. The van der Waals surface area contributed by atoms with E-state index in [4.69, 9.17) is 0 Å². The number of aromatic nitrogens is 4. The van der Waals surface area contributed by atoms with Gasteiger partial charge in [0.2, 0.25) is 5.16 Å². The van der Waals surface area contributed by atoms with Gasteiger partial charge in [0.15, 0.2) is 0 Å². The van der Waals surface area contributed by atoms with Crippen molar-refractivity contribution in [1.29, 1.82) is 0 Å². The largest absolute Gasteiger partial charge is 0.215 e. The van der Waals surface area contributed by atoms with Gasteiger partial charge in [-0.25, -0.2) is 0 Å². The predicted molar refractivity (Wildman–Crippen MR) is 81.0 cm³/mol. The molecule has 0 radical (unpaired) electrons. The molecule has 1 aromatic heterocycles. The molecule has 4 nitrogen and oxygen atoms in total. The molecule has 98 valence electrons. The summed E-state index contributed by atoms with van der Waals surface area (Å²) in [7, 11) is 0. The molecule has 1 aliphatic rings. The first-order valence-electron chi connectivity index (χ1n) is 6.13. The highest BCUT2D eigenvalue weighted by Gasteiger charge is 2.28. The van der Waals surface area contributed by atoms with E-state index in [1.807, 2.05) is 12.1 Å². The monoisotopic (exact) mass is 344 g/mol. The van der Waals surface area contributed by atoms with E-state index in [-0.39, 0.29) is 5.25 Å². The molecule has 0 fully saturated rings. The van der Waals surface area contributed by atoms with Crippen LogP contribution in [0.4, 0.5) is 0 Å². The van der Waals surface area contributed by atoms with Gasteiger partial charge in [0.1, 0.15) is 0 Å². The number of rotatable bonds is 1. The van der Waals surface area contributed by atoms with E-state index in [1.54, 1.807) is 16.4 Å².